The van der Waals surface area contributed by atoms with Crippen molar-refractivity contribution in [2.24, 2.45) is 0 Å². The predicted molar refractivity (Wildman–Crippen MR) is 122 cm³/mol. The Morgan fingerprint density at radius 2 is 1.91 bits per heavy atom. The van der Waals surface area contributed by atoms with Gasteiger partial charge in [-0.3, -0.25) is 9.69 Å². The van der Waals surface area contributed by atoms with Crippen LogP contribution in [0.15, 0.2) is 40.9 Å². The number of aromatic nitrogens is 2. The number of nitriles is 1. The molecule has 8 heteroatoms. The highest BCUT2D eigenvalue weighted by molar-refractivity contribution is 5.71. The van der Waals surface area contributed by atoms with E-state index in [9.17, 15) is 10.1 Å². The lowest BCUT2D eigenvalue weighted by Crippen LogP contribution is -2.32. The van der Waals surface area contributed by atoms with Gasteiger partial charge in [-0.25, -0.2) is 0 Å². The molecule has 2 aromatic carbocycles. The van der Waals surface area contributed by atoms with Crippen molar-refractivity contribution in [3.8, 4) is 34.7 Å². The van der Waals surface area contributed by atoms with Crippen molar-refractivity contribution >= 4 is 5.97 Å². The second kappa shape index (κ2) is 9.84. The number of carbonyl (C=O) groups is 1. The van der Waals surface area contributed by atoms with Gasteiger partial charge >= 0.3 is 5.97 Å². The minimum Gasteiger partial charge on any atom is -0.490 e. The lowest BCUT2D eigenvalue weighted by Gasteiger charge is -2.17. The highest BCUT2D eigenvalue weighted by Gasteiger charge is 2.19. The van der Waals surface area contributed by atoms with Crippen LogP contribution in [0.5, 0.6) is 5.75 Å². The summed E-state index contributed by atoms with van der Waals surface area (Å²) in [7, 11) is 1.41. The Kier molecular flexibility index (Phi) is 6.71. The molecule has 1 aliphatic rings. The Balaban J connectivity index is 1.53. The summed E-state index contributed by atoms with van der Waals surface area (Å²) in [6.45, 7) is 5.72. The predicted octanol–water partition coefficient (Wildman–Crippen LogP) is 3.64. The first kappa shape index (κ1) is 22.5. The molecule has 1 aromatic heterocycles. The molecule has 4 rings (SSSR count). The summed E-state index contributed by atoms with van der Waals surface area (Å²) in [5, 5.41) is 13.6. The van der Waals surface area contributed by atoms with Gasteiger partial charge in [-0.15, -0.1) is 0 Å². The molecule has 0 spiro atoms. The molecule has 8 nitrogen and oxygen atoms in total. The Morgan fingerprint density at radius 3 is 2.64 bits per heavy atom. The molecule has 1 aliphatic heterocycles. The molecule has 0 atom stereocenters. The van der Waals surface area contributed by atoms with Crippen LogP contribution in [-0.4, -0.2) is 53.9 Å². The third-order valence-electron chi connectivity index (χ3n) is 5.58. The van der Waals surface area contributed by atoms with Crippen molar-refractivity contribution in [2.45, 2.75) is 32.8 Å². The van der Waals surface area contributed by atoms with Crippen molar-refractivity contribution in [1.82, 2.24) is 15.0 Å². The molecule has 0 saturated heterocycles. The molecule has 0 bridgehead atoms. The van der Waals surface area contributed by atoms with Crippen molar-refractivity contribution < 1.29 is 18.8 Å². The summed E-state index contributed by atoms with van der Waals surface area (Å²) in [6, 6.07) is 13.6. The molecule has 0 aliphatic carbocycles. The van der Waals surface area contributed by atoms with Crippen LogP contribution in [-0.2, 0) is 22.4 Å². The summed E-state index contributed by atoms with van der Waals surface area (Å²) in [5.41, 5.74) is 4.42. The number of benzene rings is 2. The molecular formula is C25H26N4O4. The standard InChI is InChI=1S/C25H26N4O4/c1-16(2)32-22-7-6-20(13-21(22)14-26)25-27-24(28-33-25)19-5-4-17-8-10-29(15-23(30)31-3)11-9-18(17)12-19/h4-7,12-13,16H,8-11,15H2,1-3H3. The van der Waals surface area contributed by atoms with Gasteiger partial charge in [0, 0.05) is 24.2 Å². The fraction of sp³-hybridized carbons (Fsp3) is 0.360. The normalized spacial score (nSPS) is 13.8. The molecule has 3 aromatic rings. The van der Waals surface area contributed by atoms with E-state index >= 15 is 0 Å². The Bertz CT molecular complexity index is 1200. The van der Waals surface area contributed by atoms with Crippen LogP contribution in [0.2, 0.25) is 0 Å². The lowest BCUT2D eigenvalue weighted by molar-refractivity contribution is -0.141. The maximum atomic E-state index is 11.6. The minimum atomic E-state index is -0.218. The smallest absolute Gasteiger partial charge is 0.319 e. The largest absolute Gasteiger partial charge is 0.490 e. The van der Waals surface area contributed by atoms with Crippen LogP contribution in [0, 0.1) is 11.3 Å². The highest BCUT2D eigenvalue weighted by Crippen LogP contribution is 2.29. The van der Waals surface area contributed by atoms with E-state index in [0.717, 1.165) is 31.5 Å². The van der Waals surface area contributed by atoms with Gasteiger partial charge < -0.3 is 14.0 Å². The summed E-state index contributed by atoms with van der Waals surface area (Å²) in [6.07, 6.45) is 1.67. The number of fused-ring (bicyclic) bond motifs is 1. The summed E-state index contributed by atoms with van der Waals surface area (Å²) in [5.74, 6) is 1.15. The van der Waals surface area contributed by atoms with Gasteiger partial charge in [0.2, 0.25) is 5.82 Å². The zero-order chi connectivity index (χ0) is 23.4. The second-order valence-corrected chi connectivity index (χ2v) is 8.25. The van der Waals surface area contributed by atoms with Gasteiger partial charge in [-0.2, -0.15) is 10.2 Å². The Morgan fingerprint density at radius 1 is 1.15 bits per heavy atom. The van der Waals surface area contributed by atoms with Crippen LogP contribution in [0.3, 0.4) is 0 Å². The first-order valence-corrected chi connectivity index (χ1v) is 10.9. The number of hydrogen-bond donors (Lipinski definition) is 0. The highest BCUT2D eigenvalue weighted by atomic mass is 16.5. The maximum absolute atomic E-state index is 11.6. The van der Waals surface area contributed by atoms with E-state index in [1.54, 1.807) is 12.1 Å². The Labute approximate surface area is 192 Å². The maximum Gasteiger partial charge on any atom is 0.319 e. The van der Waals surface area contributed by atoms with Crippen molar-refractivity contribution in [3.05, 3.63) is 53.1 Å². The van der Waals surface area contributed by atoms with Crippen LogP contribution in [0.25, 0.3) is 22.8 Å². The molecule has 2 heterocycles. The number of rotatable bonds is 6. The number of nitrogens with zero attached hydrogens (tertiary/aromatic N) is 4. The lowest BCUT2D eigenvalue weighted by atomic mass is 10.00. The van der Waals surface area contributed by atoms with E-state index in [2.05, 4.69) is 33.2 Å². The summed E-state index contributed by atoms with van der Waals surface area (Å²) in [4.78, 5) is 18.3. The third kappa shape index (κ3) is 5.21. The molecule has 0 fully saturated rings. The SMILES string of the molecule is COC(=O)CN1CCc2ccc(-c3noc(-c4ccc(OC(C)C)c(C#N)c4)n3)cc2CC1. The fourth-order valence-corrected chi connectivity index (χ4v) is 3.88. The van der Waals surface area contributed by atoms with Crippen LogP contribution in [0.4, 0.5) is 0 Å². The first-order valence-electron chi connectivity index (χ1n) is 10.9. The molecular weight excluding hydrogens is 420 g/mol. The molecule has 0 radical (unpaired) electrons. The summed E-state index contributed by atoms with van der Waals surface area (Å²) >= 11 is 0. The third-order valence-corrected chi connectivity index (χ3v) is 5.58. The first-order chi connectivity index (χ1) is 16.0. The van der Waals surface area contributed by atoms with Gasteiger partial charge in [0.15, 0.2) is 0 Å². The van der Waals surface area contributed by atoms with Crippen LogP contribution >= 0.6 is 0 Å². The van der Waals surface area contributed by atoms with E-state index in [4.69, 9.17) is 14.0 Å². The summed E-state index contributed by atoms with van der Waals surface area (Å²) < 4.78 is 16.0. The second-order valence-electron chi connectivity index (χ2n) is 8.25. The molecule has 0 amide bonds. The van der Waals surface area contributed by atoms with Gasteiger partial charge in [-0.05, 0) is 62.1 Å². The molecule has 0 unspecified atom stereocenters. The number of carbonyl (C=O) groups excluding carboxylic acids is 1. The van der Waals surface area contributed by atoms with Gasteiger partial charge in [0.05, 0.1) is 25.3 Å². The van der Waals surface area contributed by atoms with Gasteiger partial charge in [0.1, 0.15) is 11.8 Å². The van der Waals surface area contributed by atoms with Gasteiger partial charge in [-0.1, -0.05) is 17.3 Å². The topological polar surface area (TPSA) is 101 Å². The van der Waals surface area contributed by atoms with E-state index < -0.39 is 0 Å². The Hall–Kier alpha value is -3.70. The monoisotopic (exact) mass is 446 g/mol. The van der Waals surface area contributed by atoms with Crippen LogP contribution < -0.4 is 4.74 Å². The van der Waals surface area contributed by atoms with Crippen LogP contribution in [0.1, 0.15) is 30.5 Å². The molecule has 0 N–H and O–H groups in total. The minimum absolute atomic E-state index is 0.0290. The zero-order valence-electron chi connectivity index (χ0n) is 19.0. The average Bonchev–Trinajstić information content (AvgIpc) is 3.22. The zero-order valence-corrected chi connectivity index (χ0v) is 19.0. The van der Waals surface area contributed by atoms with Crippen molar-refractivity contribution in [2.75, 3.05) is 26.7 Å². The quantitative estimate of drug-likeness (QED) is 0.529. The molecule has 0 saturated carbocycles. The van der Waals surface area contributed by atoms with E-state index in [1.807, 2.05) is 26.0 Å². The van der Waals surface area contributed by atoms with Gasteiger partial charge in [0.25, 0.3) is 5.89 Å². The fourth-order valence-electron chi connectivity index (χ4n) is 3.88. The molecule has 170 valence electrons. The molecule has 33 heavy (non-hydrogen) atoms. The number of ether oxygens (including phenoxy) is 2. The average molecular weight is 447 g/mol. The number of esters is 1. The number of methoxy groups -OCH3 is 1. The van der Waals surface area contributed by atoms with E-state index in [1.165, 1.54) is 18.2 Å². The van der Waals surface area contributed by atoms with Crippen molar-refractivity contribution in [3.63, 3.8) is 0 Å². The number of hydrogen-bond acceptors (Lipinski definition) is 8. The van der Waals surface area contributed by atoms with Crippen molar-refractivity contribution in [1.29, 1.82) is 5.26 Å². The van der Waals surface area contributed by atoms with E-state index in [-0.39, 0.29) is 12.1 Å². The van der Waals surface area contributed by atoms with E-state index in [0.29, 0.717) is 35.1 Å².